The van der Waals surface area contributed by atoms with Crippen LogP contribution in [0.25, 0.3) is 0 Å². The van der Waals surface area contributed by atoms with Crippen LogP contribution in [0.1, 0.15) is 6.92 Å². The summed E-state index contributed by atoms with van der Waals surface area (Å²) in [6, 6.07) is -0.168. The summed E-state index contributed by atoms with van der Waals surface area (Å²) in [6.45, 7) is 1.99. The molecule has 0 aliphatic rings. The third kappa shape index (κ3) is 7.76. The first kappa shape index (κ1) is 11.7. The quantitative estimate of drug-likeness (QED) is 0.545. The largest absolute Gasteiger partial charge is 0.441 e. The number of terminal acetylenes is 1. The second-order valence-corrected chi connectivity index (χ2v) is 3.30. The smallest absolute Gasteiger partial charge is 0.303 e. The number of rotatable bonds is 4. The normalized spacial score (nSPS) is 13.9. The number of alkyl halides is 3. The lowest BCUT2D eigenvalue weighted by Crippen LogP contribution is -2.27. The lowest BCUT2D eigenvalue weighted by atomic mass is 10.4. The Morgan fingerprint density at radius 3 is 2.58 bits per heavy atom. The number of hydrogen-bond donors (Lipinski definition) is 1. The topological polar surface area (TPSA) is 12.0 Å². The van der Waals surface area contributed by atoms with Gasteiger partial charge in [-0.2, -0.15) is 13.2 Å². The fourth-order valence-electron chi connectivity index (χ4n) is 0.501. The van der Waals surface area contributed by atoms with Crippen molar-refractivity contribution in [3.63, 3.8) is 0 Å². The molecule has 0 spiro atoms. The number of thioether (sulfide) groups is 1. The van der Waals surface area contributed by atoms with Gasteiger partial charge in [0, 0.05) is 12.3 Å². The molecule has 1 unspecified atom stereocenters. The molecule has 1 nitrogen and oxygen atoms in total. The highest BCUT2D eigenvalue weighted by Crippen LogP contribution is 2.29. The Kier molecular flexibility index (Phi) is 5.18. The van der Waals surface area contributed by atoms with E-state index < -0.39 is 5.51 Å². The van der Waals surface area contributed by atoms with Crippen LogP contribution >= 0.6 is 11.8 Å². The van der Waals surface area contributed by atoms with E-state index in [-0.39, 0.29) is 30.1 Å². The highest BCUT2D eigenvalue weighted by molar-refractivity contribution is 8.00. The second kappa shape index (κ2) is 5.33. The SMILES string of the molecule is C#CC(C)NCCSC(F)(F)F. The van der Waals surface area contributed by atoms with Crippen molar-refractivity contribution in [2.24, 2.45) is 0 Å². The first-order chi connectivity index (χ1) is 5.45. The Labute approximate surface area is 74.1 Å². The van der Waals surface area contributed by atoms with Gasteiger partial charge in [0.25, 0.3) is 0 Å². The van der Waals surface area contributed by atoms with Gasteiger partial charge in [-0.15, -0.1) is 6.42 Å². The maximum atomic E-state index is 11.6. The van der Waals surface area contributed by atoms with E-state index in [0.717, 1.165) is 0 Å². The predicted octanol–water partition coefficient (Wildman–Crippen LogP) is 1.85. The molecule has 0 bridgehead atoms. The zero-order valence-electron chi connectivity index (χ0n) is 6.61. The van der Waals surface area contributed by atoms with Gasteiger partial charge in [0.2, 0.25) is 0 Å². The van der Waals surface area contributed by atoms with Crippen LogP contribution in [0.15, 0.2) is 0 Å². The molecule has 70 valence electrons. The van der Waals surface area contributed by atoms with Gasteiger partial charge in [-0.1, -0.05) is 5.92 Å². The minimum atomic E-state index is -4.14. The Hall–Kier alpha value is -0.340. The Morgan fingerprint density at radius 2 is 2.17 bits per heavy atom. The summed E-state index contributed by atoms with van der Waals surface area (Å²) in [5.41, 5.74) is -4.14. The van der Waals surface area contributed by atoms with E-state index in [2.05, 4.69) is 11.2 Å². The third-order valence-corrected chi connectivity index (χ3v) is 1.80. The maximum Gasteiger partial charge on any atom is 0.441 e. The summed E-state index contributed by atoms with van der Waals surface area (Å²) >= 11 is -0.0451. The lowest BCUT2D eigenvalue weighted by Gasteiger charge is -2.08. The molecular formula is C7H10F3NS. The molecule has 5 heteroatoms. The summed E-state index contributed by atoms with van der Waals surface area (Å²) < 4.78 is 34.7. The van der Waals surface area contributed by atoms with Crippen LogP contribution in [-0.2, 0) is 0 Å². The average Bonchev–Trinajstić information content (AvgIpc) is 1.96. The van der Waals surface area contributed by atoms with Crippen molar-refractivity contribution >= 4 is 11.8 Å². The van der Waals surface area contributed by atoms with Crippen LogP contribution in [0, 0.1) is 12.3 Å². The first-order valence-electron chi connectivity index (χ1n) is 3.36. The Bertz CT molecular complexity index is 161. The molecule has 0 aromatic carbocycles. The minimum Gasteiger partial charge on any atom is -0.303 e. The standard InChI is InChI=1S/C7H10F3NS/c1-3-6(2)11-4-5-12-7(8,9)10/h1,6,11H,4-5H2,2H3. The molecule has 0 fully saturated rings. The molecule has 0 aliphatic carbocycles. The van der Waals surface area contributed by atoms with Gasteiger partial charge < -0.3 is 5.32 Å². The highest BCUT2D eigenvalue weighted by Gasteiger charge is 2.27. The summed E-state index contributed by atoms with van der Waals surface area (Å²) in [7, 11) is 0. The van der Waals surface area contributed by atoms with E-state index in [0.29, 0.717) is 0 Å². The molecule has 0 radical (unpaired) electrons. The molecule has 0 aromatic heterocycles. The summed E-state index contributed by atoms with van der Waals surface area (Å²) in [5.74, 6) is 2.36. The van der Waals surface area contributed by atoms with Crippen LogP contribution in [-0.4, -0.2) is 23.8 Å². The molecule has 0 amide bonds. The average molecular weight is 197 g/mol. The van der Waals surface area contributed by atoms with Crippen molar-refractivity contribution in [3.8, 4) is 12.3 Å². The van der Waals surface area contributed by atoms with Gasteiger partial charge >= 0.3 is 5.51 Å². The van der Waals surface area contributed by atoms with Crippen LogP contribution in [0.5, 0.6) is 0 Å². The molecule has 1 N–H and O–H groups in total. The van der Waals surface area contributed by atoms with Crippen molar-refractivity contribution in [1.82, 2.24) is 5.32 Å². The lowest BCUT2D eigenvalue weighted by molar-refractivity contribution is -0.0327. The highest BCUT2D eigenvalue weighted by atomic mass is 32.2. The third-order valence-electron chi connectivity index (χ3n) is 1.07. The van der Waals surface area contributed by atoms with Crippen molar-refractivity contribution in [2.75, 3.05) is 12.3 Å². The second-order valence-electron chi connectivity index (χ2n) is 2.14. The van der Waals surface area contributed by atoms with Gasteiger partial charge in [-0.3, -0.25) is 0 Å². The van der Waals surface area contributed by atoms with Gasteiger partial charge in [0.15, 0.2) is 0 Å². The fraction of sp³-hybridized carbons (Fsp3) is 0.714. The van der Waals surface area contributed by atoms with E-state index in [1.807, 2.05) is 0 Å². The van der Waals surface area contributed by atoms with Crippen molar-refractivity contribution < 1.29 is 13.2 Å². The molecule has 0 aliphatic heterocycles. The van der Waals surface area contributed by atoms with Crippen LogP contribution in [0.3, 0.4) is 0 Å². The van der Waals surface area contributed by atoms with Gasteiger partial charge in [-0.05, 0) is 18.7 Å². The Balaban J connectivity index is 3.29. The zero-order valence-corrected chi connectivity index (χ0v) is 7.43. The number of nitrogens with one attached hydrogen (secondary N) is 1. The van der Waals surface area contributed by atoms with Crippen molar-refractivity contribution in [2.45, 2.75) is 18.5 Å². The van der Waals surface area contributed by atoms with E-state index in [9.17, 15) is 13.2 Å². The van der Waals surface area contributed by atoms with Gasteiger partial charge in [0.1, 0.15) is 0 Å². The number of halogens is 3. The van der Waals surface area contributed by atoms with Crippen molar-refractivity contribution in [1.29, 1.82) is 0 Å². The molecule has 0 saturated heterocycles. The zero-order chi connectivity index (χ0) is 9.61. The number of hydrogen-bond acceptors (Lipinski definition) is 2. The van der Waals surface area contributed by atoms with Crippen LogP contribution in [0.4, 0.5) is 13.2 Å². The van der Waals surface area contributed by atoms with E-state index in [1.54, 1.807) is 6.92 Å². The van der Waals surface area contributed by atoms with Crippen LogP contribution < -0.4 is 5.32 Å². The maximum absolute atomic E-state index is 11.6. The fourth-order valence-corrected chi connectivity index (χ4v) is 0.952. The molecule has 12 heavy (non-hydrogen) atoms. The monoisotopic (exact) mass is 197 g/mol. The molecule has 1 atom stereocenters. The van der Waals surface area contributed by atoms with Crippen molar-refractivity contribution in [3.05, 3.63) is 0 Å². The summed E-state index contributed by atoms with van der Waals surface area (Å²) in [6.07, 6.45) is 5.00. The molecule has 0 saturated carbocycles. The van der Waals surface area contributed by atoms with E-state index >= 15 is 0 Å². The minimum absolute atomic E-state index is 0.00444. The molecule has 0 rings (SSSR count). The van der Waals surface area contributed by atoms with Gasteiger partial charge in [-0.25, -0.2) is 0 Å². The first-order valence-corrected chi connectivity index (χ1v) is 4.34. The summed E-state index contributed by atoms with van der Waals surface area (Å²) in [5, 5.41) is 2.75. The van der Waals surface area contributed by atoms with E-state index in [1.165, 1.54) is 0 Å². The van der Waals surface area contributed by atoms with E-state index in [4.69, 9.17) is 6.42 Å². The van der Waals surface area contributed by atoms with Gasteiger partial charge in [0.05, 0.1) is 6.04 Å². The predicted molar refractivity (Wildman–Crippen MR) is 44.8 cm³/mol. The molecule has 0 heterocycles. The molecule has 0 aromatic rings. The summed E-state index contributed by atoms with van der Waals surface area (Å²) in [4.78, 5) is 0. The Morgan fingerprint density at radius 1 is 1.58 bits per heavy atom. The molecular weight excluding hydrogens is 187 g/mol. The van der Waals surface area contributed by atoms with Crippen LogP contribution in [0.2, 0.25) is 0 Å².